The molecule has 0 aliphatic rings. The molecule has 5 aromatic rings. The van der Waals surface area contributed by atoms with Gasteiger partial charge in [0.2, 0.25) is 0 Å². The van der Waals surface area contributed by atoms with Crippen molar-refractivity contribution in [2.45, 2.75) is 78.1 Å². The van der Waals surface area contributed by atoms with E-state index in [4.69, 9.17) is 4.42 Å². The monoisotopic (exact) mass is 436 g/mol. The second-order valence-electron chi connectivity index (χ2n) is 9.63. The summed E-state index contributed by atoms with van der Waals surface area (Å²) in [6.45, 7) is 4.55. The molecule has 0 radical (unpaired) electrons. The van der Waals surface area contributed by atoms with Gasteiger partial charge < -0.3 is 4.42 Å². The fourth-order valence-electron chi connectivity index (χ4n) is 5.54. The first-order valence-electron chi connectivity index (χ1n) is 13.1. The van der Waals surface area contributed by atoms with Gasteiger partial charge in [-0.2, -0.15) is 0 Å². The first-order valence-corrected chi connectivity index (χ1v) is 13.1. The minimum atomic E-state index is 1.04. The normalized spacial score (nSPS) is 11.9. The molecule has 0 aliphatic carbocycles. The third-order valence-electron chi connectivity index (χ3n) is 7.26. The zero-order valence-electron chi connectivity index (χ0n) is 20.3. The fourth-order valence-corrected chi connectivity index (χ4v) is 5.54. The molecule has 0 saturated heterocycles. The van der Waals surface area contributed by atoms with E-state index >= 15 is 0 Å². The van der Waals surface area contributed by atoms with Gasteiger partial charge in [0, 0.05) is 10.8 Å². The van der Waals surface area contributed by atoms with E-state index in [0.29, 0.717) is 0 Å². The average Bonchev–Trinajstić information content (AvgIpc) is 3.23. The van der Waals surface area contributed by atoms with Gasteiger partial charge in [0.05, 0.1) is 0 Å². The molecular weight excluding hydrogens is 400 g/mol. The summed E-state index contributed by atoms with van der Waals surface area (Å²) in [6.07, 6.45) is 12.5. The van der Waals surface area contributed by atoms with Crippen LogP contribution in [0.2, 0.25) is 0 Å². The lowest BCUT2D eigenvalue weighted by Gasteiger charge is -2.10. The molecule has 4 aromatic carbocycles. The Morgan fingerprint density at radius 2 is 0.939 bits per heavy atom. The third-order valence-corrected chi connectivity index (χ3v) is 7.26. The molecule has 33 heavy (non-hydrogen) atoms. The third kappa shape index (κ3) is 4.26. The summed E-state index contributed by atoms with van der Waals surface area (Å²) >= 11 is 0. The van der Waals surface area contributed by atoms with Crippen molar-refractivity contribution in [1.82, 2.24) is 0 Å². The van der Waals surface area contributed by atoms with Gasteiger partial charge in [-0.15, -0.1) is 0 Å². The van der Waals surface area contributed by atoms with E-state index in [0.717, 1.165) is 24.0 Å². The maximum absolute atomic E-state index is 6.60. The lowest BCUT2D eigenvalue weighted by molar-refractivity contribution is 0.657. The fraction of sp³-hybridized carbons (Fsp3) is 0.375. The Morgan fingerprint density at radius 3 is 1.36 bits per heavy atom. The van der Waals surface area contributed by atoms with E-state index in [1.54, 1.807) is 0 Å². The maximum atomic E-state index is 6.60. The van der Waals surface area contributed by atoms with Crippen molar-refractivity contribution in [3.05, 3.63) is 71.8 Å². The average molecular weight is 437 g/mol. The summed E-state index contributed by atoms with van der Waals surface area (Å²) < 4.78 is 6.60. The number of hydrogen-bond acceptors (Lipinski definition) is 1. The maximum Gasteiger partial charge on any atom is 0.136 e. The minimum absolute atomic E-state index is 1.04. The Kier molecular flexibility index (Phi) is 6.67. The van der Waals surface area contributed by atoms with Crippen LogP contribution in [-0.2, 0) is 12.8 Å². The van der Waals surface area contributed by atoms with Gasteiger partial charge in [0.25, 0.3) is 0 Å². The van der Waals surface area contributed by atoms with Crippen LogP contribution in [0.25, 0.3) is 43.5 Å². The Labute approximate surface area is 197 Å². The van der Waals surface area contributed by atoms with Crippen molar-refractivity contribution in [3.63, 3.8) is 0 Å². The second-order valence-corrected chi connectivity index (χ2v) is 9.63. The number of fused-ring (bicyclic) bond motifs is 7. The molecule has 0 amide bonds. The van der Waals surface area contributed by atoms with E-state index < -0.39 is 0 Å². The van der Waals surface area contributed by atoms with Gasteiger partial charge in [-0.3, -0.25) is 0 Å². The highest BCUT2D eigenvalue weighted by molar-refractivity contribution is 6.27. The van der Waals surface area contributed by atoms with Crippen LogP contribution >= 0.6 is 0 Å². The van der Waals surface area contributed by atoms with Crippen LogP contribution in [0.3, 0.4) is 0 Å². The first-order chi connectivity index (χ1) is 16.3. The van der Waals surface area contributed by atoms with Crippen LogP contribution < -0.4 is 0 Å². The minimum Gasteiger partial charge on any atom is -0.456 e. The van der Waals surface area contributed by atoms with Crippen molar-refractivity contribution in [2.75, 3.05) is 0 Å². The zero-order chi connectivity index (χ0) is 22.6. The van der Waals surface area contributed by atoms with Crippen molar-refractivity contribution in [3.8, 4) is 0 Å². The van der Waals surface area contributed by atoms with Crippen molar-refractivity contribution < 1.29 is 4.42 Å². The lowest BCUT2D eigenvalue weighted by atomic mass is 9.92. The van der Waals surface area contributed by atoms with Gasteiger partial charge in [0.15, 0.2) is 0 Å². The van der Waals surface area contributed by atoms with Crippen LogP contribution in [0, 0.1) is 0 Å². The molecule has 0 bridgehead atoms. The lowest BCUT2D eigenvalue weighted by Crippen LogP contribution is -1.90. The van der Waals surface area contributed by atoms with E-state index in [1.165, 1.54) is 94.8 Å². The SMILES string of the molecule is CCCCCCc1cc2oc3cc(CCCCCC)c4ccccc4c3c2c2ccccc12. The summed E-state index contributed by atoms with van der Waals surface area (Å²) in [6, 6.07) is 22.5. The molecule has 0 N–H and O–H groups in total. The Balaban J connectivity index is 1.69. The molecule has 0 unspecified atom stereocenters. The molecule has 170 valence electrons. The highest BCUT2D eigenvalue weighted by Crippen LogP contribution is 2.41. The Morgan fingerprint density at radius 1 is 0.515 bits per heavy atom. The van der Waals surface area contributed by atoms with Crippen LogP contribution in [0.5, 0.6) is 0 Å². The van der Waals surface area contributed by atoms with Crippen LogP contribution in [0.1, 0.15) is 76.3 Å². The predicted molar refractivity (Wildman–Crippen MR) is 144 cm³/mol. The number of rotatable bonds is 10. The Bertz CT molecular complexity index is 1280. The van der Waals surface area contributed by atoms with Gasteiger partial charge in [-0.05, 0) is 70.5 Å². The number of benzene rings is 4. The molecule has 0 fully saturated rings. The van der Waals surface area contributed by atoms with Gasteiger partial charge >= 0.3 is 0 Å². The molecule has 1 nitrogen and oxygen atoms in total. The van der Waals surface area contributed by atoms with Gasteiger partial charge in [-0.1, -0.05) is 101 Å². The van der Waals surface area contributed by atoms with Crippen molar-refractivity contribution in [1.29, 1.82) is 0 Å². The standard InChI is InChI=1S/C32H36O/c1-3-5-7-9-15-23-21-29-31(27-19-13-11-17-25(23)27)32-28-20-14-12-18-26(28)24(22-30(32)33-29)16-10-8-6-4-2/h11-14,17-22H,3-10,15-16H2,1-2H3. The van der Waals surface area contributed by atoms with Crippen molar-refractivity contribution >= 4 is 43.5 Å². The van der Waals surface area contributed by atoms with E-state index in [-0.39, 0.29) is 0 Å². The molecule has 1 heteroatoms. The molecule has 5 rings (SSSR count). The number of hydrogen-bond donors (Lipinski definition) is 0. The largest absolute Gasteiger partial charge is 0.456 e. The first kappa shape index (κ1) is 22.0. The van der Waals surface area contributed by atoms with E-state index in [2.05, 4.69) is 74.5 Å². The molecular formula is C32H36O. The summed E-state index contributed by atoms with van der Waals surface area (Å²) in [4.78, 5) is 0. The van der Waals surface area contributed by atoms with Gasteiger partial charge in [0.1, 0.15) is 11.2 Å². The number of furan rings is 1. The molecule has 0 atom stereocenters. The van der Waals surface area contributed by atoms with E-state index in [9.17, 15) is 0 Å². The second kappa shape index (κ2) is 10.00. The summed E-state index contributed by atoms with van der Waals surface area (Å²) in [7, 11) is 0. The quantitative estimate of drug-likeness (QED) is 0.198. The zero-order valence-corrected chi connectivity index (χ0v) is 20.3. The molecule has 0 saturated carbocycles. The Hall–Kier alpha value is -2.80. The molecule has 1 heterocycles. The summed E-state index contributed by atoms with van der Waals surface area (Å²) in [5.74, 6) is 0. The van der Waals surface area contributed by atoms with E-state index in [1.807, 2.05) is 0 Å². The molecule has 0 aliphatic heterocycles. The van der Waals surface area contributed by atoms with Crippen LogP contribution in [0.4, 0.5) is 0 Å². The smallest absolute Gasteiger partial charge is 0.136 e. The topological polar surface area (TPSA) is 13.1 Å². The van der Waals surface area contributed by atoms with Crippen LogP contribution in [0.15, 0.2) is 65.1 Å². The van der Waals surface area contributed by atoms with Gasteiger partial charge in [-0.25, -0.2) is 0 Å². The number of aryl methyl sites for hydroxylation is 2. The highest BCUT2D eigenvalue weighted by atomic mass is 16.3. The van der Waals surface area contributed by atoms with Crippen LogP contribution in [-0.4, -0.2) is 0 Å². The highest BCUT2D eigenvalue weighted by Gasteiger charge is 2.17. The molecule has 0 spiro atoms. The predicted octanol–water partition coefficient (Wildman–Crippen LogP) is 10.1. The summed E-state index contributed by atoms with van der Waals surface area (Å²) in [5, 5.41) is 8.01. The number of unbranched alkanes of at least 4 members (excludes halogenated alkanes) is 6. The molecule has 1 aromatic heterocycles. The van der Waals surface area contributed by atoms with Crippen molar-refractivity contribution in [2.24, 2.45) is 0 Å². The summed E-state index contributed by atoms with van der Waals surface area (Å²) in [5.41, 5.74) is 4.94.